The summed E-state index contributed by atoms with van der Waals surface area (Å²) >= 11 is 0. The summed E-state index contributed by atoms with van der Waals surface area (Å²) in [7, 11) is 0. The van der Waals surface area contributed by atoms with Crippen LogP contribution in [0.3, 0.4) is 0 Å². The summed E-state index contributed by atoms with van der Waals surface area (Å²) in [6.45, 7) is 8.25. The first-order chi connectivity index (χ1) is 20.5. The molecule has 0 bridgehead atoms. The van der Waals surface area contributed by atoms with Crippen LogP contribution in [0.5, 0.6) is 0 Å². The van der Waals surface area contributed by atoms with Gasteiger partial charge in [0, 0.05) is 31.2 Å². The molecule has 2 amide bonds. The van der Waals surface area contributed by atoms with Crippen molar-refractivity contribution in [3.05, 3.63) is 101 Å². The maximum Gasteiger partial charge on any atom is 0.410 e. The number of carbonyl (C=O) groups is 2. The molecule has 1 saturated heterocycles. The summed E-state index contributed by atoms with van der Waals surface area (Å²) in [4.78, 5) is 32.6. The normalized spacial score (nSPS) is 15.3. The fourth-order valence-corrected chi connectivity index (χ4v) is 5.62. The van der Waals surface area contributed by atoms with Gasteiger partial charge < -0.3 is 29.7 Å². The number of rotatable bonds is 7. The lowest BCUT2D eigenvalue weighted by atomic mass is 9.85. The molecule has 5 rings (SSSR count). The second-order valence-corrected chi connectivity index (χ2v) is 12.2. The minimum atomic E-state index is -1.60. The quantitative estimate of drug-likeness (QED) is 0.281. The van der Waals surface area contributed by atoms with Crippen molar-refractivity contribution in [3.63, 3.8) is 0 Å². The molecule has 1 aliphatic rings. The predicted octanol–water partition coefficient (Wildman–Crippen LogP) is 5.00. The molecule has 9 nitrogen and oxygen atoms in total. The van der Waals surface area contributed by atoms with E-state index in [0.717, 1.165) is 0 Å². The molecule has 4 aromatic rings. The Morgan fingerprint density at radius 3 is 2.09 bits per heavy atom. The molecule has 0 unspecified atom stereocenters. The van der Waals surface area contributed by atoms with E-state index < -0.39 is 17.3 Å². The Labute approximate surface area is 252 Å². The Bertz CT molecular complexity index is 1530. The molecule has 1 fully saturated rings. The molecule has 2 heterocycles. The number of likely N-dealkylation sites (tertiary alicyclic amines) is 1. The van der Waals surface area contributed by atoms with Crippen molar-refractivity contribution >= 4 is 23.0 Å². The zero-order valence-electron chi connectivity index (χ0n) is 25.2. The molecule has 0 saturated carbocycles. The third-order valence-corrected chi connectivity index (χ3v) is 7.70. The molecular weight excluding hydrogens is 544 g/mol. The van der Waals surface area contributed by atoms with Crippen LogP contribution in [0, 0.1) is 0 Å². The zero-order chi connectivity index (χ0) is 30.8. The number of hydrogen-bond acceptors (Lipinski definition) is 6. The lowest BCUT2D eigenvalue weighted by Gasteiger charge is -2.37. The standard InChI is InChI=1S/C34H40N4O5/c1-23(39)22-35-30(40)24-15-16-28-29(21-24)38(27-17-19-37(20-18-27)32(41)43-33(2,3)4)31(36-28)34(42,25-11-7-5-8-12-25)26-13-9-6-10-14-26/h5-16,21,23,27,39,42H,17-20,22H2,1-4H3,(H,35,40)/t23-/m1/s1. The summed E-state index contributed by atoms with van der Waals surface area (Å²) in [6, 6.07) is 24.1. The van der Waals surface area contributed by atoms with Gasteiger partial charge in [-0.1, -0.05) is 60.7 Å². The van der Waals surface area contributed by atoms with Crippen molar-refractivity contribution in [2.75, 3.05) is 19.6 Å². The van der Waals surface area contributed by atoms with Gasteiger partial charge in [-0.3, -0.25) is 4.79 Å². The number of piperidine rings is 1. The van der Waals surface area contributed by atoms with Gasteiger partial charge in [0.1, 0.15) is 5.60 Å². The van der Waals surface area contributed by atoms with Crippen LogP contribution >= 0.6 is 0 Å². The third-order valence-electron chi connectivity index (χ3n) is 7.70. The van der Waals surface area contributed by atoms with Gasteiger partial charge in [-0.05, 0) is 69.9 Å². The van der Waals surface area contributed by atoms with Crippen molar-refractivity contribution in [2.45, 2.75) is 63.9 Å². The van der Waals surface area contributed by atoms with Crippen LogP contribution in [0.15, 0.2) is 78.9 Å². The number of aliphatic hydroxyl groups excluding tert-OH is 1. The number of aromatic nitrogens is 2. The molecule has 0 spiro atoms. The van der Waals surface area contributed by atoms with E-state index in [1.54, 1.807) is 30.0 Å². The SMILES string of the molecule is C[C@@H](O)CNC(=O)c1ccc2nc(C(O)(c3ccccc3)c3ccccc3)n(C3CCN(C(=O)OC(C)(C)C)CC3)c2c1. The van der Waals surface area contributed by atoms with Gasteiger partial charge in [-0.25, -0.2) is 9.78 Å². The van der Waals surface area contributed by atoms with Crippen molar-refractivity contribution in [1.29, 1.82) is 0 Å². The van der Waals surface area contributed by atoms with Gasteiger partial charge in [-0.15, -0.1) is 0 Å². The molecule has 3 aromatic carbocycles. The highest BCUT2D eigenvalue weighted by atomic mass is 16.6. The van der Waals surface area contributed by atoms with Gasteiger partial charge in [0.05, 0.1) is 17.1 Å². The van der Waals surface area contributed by atoms with Gasteiger partial charge in [0.25, 0.3) is 5.91 Å². The van der Waals surface area contributed by atoms with E-state index in [2.05, 4.69) is 5.32 Å². The van der Waals surface area contributed by atoms with E-state index in [0.29, 0.717) is 59.5 Å². The second-order valence-electron chi connectivity index (χ2n) is 12.2. The van der Waals surface area contributed by atoms with Crippen LogP contribution in [0.25, 0.3) is 11.0 Å². The number of nitrogens with one attached hydrogen (secondary N) is 1. The molecule has 0 radical (unpaired) electrons. The zero-order valence-corrected chi connectivity index (χ0v) is 25.2. The highest BCUT2D eigenvalue weighted by Gasteiger charge is 2.41. The Balaban J connectivity index is 1.63. The monoisotopic (exact) mass is 584 g/mol. The third kappa shape index (κ3) is 6.43. The van der Waals surface area contributed by atoms with Crippen molar-refractivity contribution in [1.82, 2.24) is 19.8 Å². The maximum absolute atomic E-state index is 13.0. The lowest BCUT2D eigenvalue weighted by Crippen LogP contribution is -2.43. The van der Waals surface area contributed by atoms with Crippen LogP contribution < -0.4 is 5.32 Å². The summed E-state index contributed by atoms with van der Waals surface area (Å²) in [5, 5.41) is 25.2. The van der Waals surface area contributed by atoms with Crippen molar-refractivity contribution in [2.24, 2.45) is 0 Å². The summed E-state index contributed by atoms with van der Waals surface area (Å²) in [5.41, 5.74) is 0.919. The summed E-state index contributed by atoms with van der Waals surface area (Å²) in [5.74, 6) is 0.135. The maximum atomic E-state index is 13.0. The fourth-order valence-electron chi connectivity index (χ4n) is 5.62. The number of hydrogen-bond donors (Lipinski definition) is 3. The van der Waals surface area contributed by atoms with Crippen molar-refractivity contribution < 1.29 is 24.5 Å². The molecule has 3 N–H and O–H groups in total. The highest BCUT2D eigenvalue weighted by molar-refractivity contribution is 5.97. The van der Waals surface area contributed by atoms with Gasteiger partial charge >= 0.3 is 6.09 Å². The van der Waals surface area contributed by atoms with Crippen molar-refractivity contribution in [3.8, 4) is 0 Å². The minimum Gasteiger partial charge on any atom is -0.444 e. The fraction of sp³-hybridized carbons (Fsp3) is 0.382. The summed E-state index contributed by atoms with van der Waals surface area (Å²) in [6.07, 6.45) is 0.196. The van der Waals surface area contributed by atoms with Gasteiger partial charge in [0.15, 0.2) is 11.4 Å². The average molecular weight is 585 g/mol. The Morgan fingerprint density at radius 1 is 0.977 bits per heavy atom. The second kappa shape index (κ2) is 12.2. The molecule has 1 aliphatic heterocycles. The molecule has 1 aromatic heterocycles. The molecular formula is C34H40N4O5. The van der Waals surface area contributed by atoms with Crippen LogP contribution in [0.2, 0.25) is 0 Å². The molecule has 9 heteroatoms. The molecule has 43 heavy (non-hydrogen) atoms. The predicted molar refractivity (Wildman–Crippen MR) is 165 cm³/mol. The number of imidazole rings is 1. The minimum absolute atomic E-state index is 0.117. The number of ether oxygens (including phenoxy) is 1. The van der Waals surface area contributed by atoms with Crippen LogP contribution in [-0.2, 0) is 10.3 Å². The molecule has 0 aliphatic carbocycles. The number of amides is 2. The smallest absolute Gasteiger partial charge is 0.410 e. The summed E-state index contributed by atoms with van der Waals surface area (Å²) < 4.78 is 7.66. The largest absolute Gasteiger partial charge is 0.444 e. The number of aliphatic hydroxyl groups is 2. The van der Waals surface area contributed by atoms with Crippen LogP contribution in [0.1, 0.15) is 73.9 Å². The van der Waals surface area contributed by atoms with E-state index in [1.807, 2.05) is 86.0 Å². The Morgan fingerprint density at radius 2 is 1.56 bits per heavy atom. The van der Waals surface area contributed by atoms with E-state index in [9.17, 15) is 19.8 Å². The molecule has 1 atom stereocenters. The lowest BCUT2D eigenvalue weighted by molar-refractivity contribution is 0.0183. The van der Waals surface area contributed by atoms with E-state index in [-0.39, 0.29) is 24.6 Å². The molecule has 226 valence electrons. The van der Waals surface area contributed by atoms with Crippen LogP contribution in [-0.4, -0.2) is 68.0 Å². The Hall–Kier alpha value is -4.21. The number of nitrogens with zero attached hydrogens (tertiary/aromatic N) is 3. The number of carbonyl (C=O) groups excluding carboxylic acids is 2. The van der Waals surface area contributed by atoms with Gasteiger partial charge in [0.2, 0.25) is 0 Å². The topological polar surface area (TPSA) is 117 Å². The highest BCUT2D eigenvalue weighted by Crippen LogP contribution is 2.41. The Kier molecular flexibility index (Phi) is 8.57. The van der Waals surface area contributed by atoms with E-state index in [4.69, 9.17) is 9.72 Å². The van der Waals surface area contributed by atoms with E-state index >= 15 is 0 Å². The number of fused-ring (bicyclic) bond motifs is 1. The van der Waals surface area contributed by atoms with Crippen LogP contribution in [0.4, 0.5) is 4.79 Å². The van der Waals surface area contributed by atoms with E-state index in [1.165, 1.54) is 0 Å². The first-order valence-electron chi connectivity index (χ1n) is 14.8. The first-order valence-corrected chi connectivity index (χ1v) is 14.8. The first kappa shape index (κ1) is 30.3. The number of benzene rings is 3. The average Bonchev–Trinajstić information content (AvgIpc) is 3.39. The van der Waals surface area contributed by atoms with Gasteiger partial charge in [-0.2, -0.15) is 0 Å².